The van der Waals surface area contributed by atoms with E-state index in [0.717, 1.165) is 18.7 Å². The van der Waals surface area contributed by atoms with Crippen molar-refractivity contribution in [2.24, 2.45) is 0 Å². The number of nitrogens with zero attached hydrogens (tertiary/aromatic N) is 1. The molecule has 0 N–H and O–H groups in total. The highest BCUT2D eigenvalue weighted by Crippen LogP contribution is 2.07. The molecular weight excluding hydrogens is 202 g/mol. The monoisotopic (exact) mass is 219 g/mol. The Kier molecular flexibility index (Phi) is 3.94. The zero-order valence-electron chi connectivity index (χ0n) is 9.39. The van der Waals surface area contributed by atoms with Crippen LogP contribution in [0.1, 0.15) is 18.4 Å². The predicted octanol–water partition coefficient (Wildman–Crippen LogP) is 1.83. The Morgan fingerprint density at radius 3 is 2.56 bits per heavy atom. The second-order valence-corrected chi connectivity index (χ2v) is 4.13. The Balaban J connectivity index is 1.71. The molecule has 0 amide bonds. The number of rotatable bonds is 4. The van der Waals surface area contributed by atoms with Gasteiger partial charge in [0, 0.05) is 0 Å². The van der Waals surface area contributed by atoms with E-state index in [-0.39, 0.29) is 5.97 Å². The summed E-state index contributed by atoms with van der Waals surface area (Å²) in [6, 6.07) is 9.77. The van der Waals surface area contributed by atoms with E-state index in [1.807, 2.05) is 30.3 Å². The molecule has 0 aliphatic carbocycles. The summed E-state index contributed by atoms with van der Waals surface area (Å²) in [4.78, 5) is 13.7. The standard InChI is InChI=1S/C13H17NO2/c15-13(10-14-8-4-5-9-14)16-11-12-6-2-1-3-7-12/h1-3,6-7H,4-5,8-11H2. The number of hydrogen-bond donors (Lipinski definition) is 0. The fraction of sp³-hybridized carbons (Fsp3) is 0.462. The van der Waals surface area contributed by atoms with Gasteiger partial charge in [0.25, 0.3) is 0 Å². The van der Waals surface area contributed by atoms with Crippen LogP contribution in [0.2, 0.25) is 0 Å². The minimum Gasteiger partial charge on any atom is -0.460 e. The summed E-state index contributed by atoms with van der Waals surface area (Å²) < 4.78 is 5.21. The zero-order chi connectivity index (χ0) is 11.2. The summed E-state index contributed by atoms with van der Waals surface area (Å²) in [5.74, 6) is -0.120. The van der Waals surface area contributed by atoms with E-state index in [1.54, 1.807) is 0 Å². The van der Waals surface area contributed by atoms with Crippen molar-refractivity contribution in [1.82, 2.24) is 4.90 Å². The van der Waals surface area contributed by atoms with Gasteiger partial charge in [-0.1, -0.05) is 30.3 Å². The minimum atomic E-state index is -0.120. The van der Waals surface area contributed by atoms with Gasteiger partial charge < -0.3 is 4.74 Å². The van der Waals surface area contributed by atoms with Crippen LogP contribution in [0.3, 0.4) is 0 Å². The van der Waals surface area contributed by atoms with Crippen LogP contribution in [-0.4, -0.2) is 30.5 Å². The quantitative estimate of drug-likeness (QED) is 0.723. The molecule has 1 aromatic carbocycles. The largest absolute Gasteiger partial charge is 0.460 e. The maximum atomic E-state index is 11.5. The first-order chi connectivity index (χ1) is 7.84. The Morgan fingerprint density at radius 1 is 1.19 bits per heavy atom. The molecule has 1 fully saturated rings. The Hall–Kier alpha value is -1.35. The van der Waals surface area contributed by atoms with Crippen LogP contribution in [0.5, 0.6) is 0 Å². The number of esters is 1. The minimum absolute atomic E-state index is 0.120. The summed E-state index contributed by atoms with van der Waals surface area (Å²) in [5.41, 5.74) is 1.04. The van der Waals surface area contributed by atoms with Crippen molar-refractivity contribution in [3.8, 4) is 0 Å². The molecule has 1 aliphatic rings. The van der Waals surface area contributed by atoms with Gasteiger partial charge in [0.15, 0.2) is 0 Å². The van der Waals surface area contributed by atoms with Gasteiger partial charge in [-0.25, -0.2) is 0 Å². The van der Waals surface area contributed by atoms with Crippen molar-refractivity contribution in [2.45, 2.75) is 19.4 Å². The van der Waals surface area contributed by atoms with E-state index in [2.05, 4.69) is 4.90 Å². The van der Waals surface area contributed by atoms with E-state index in [9.17, 15) is 4.79 Å². The molecule has 0 spiro atoms. The average Bonchev–Trinajstić information content (AvgIpc) is 2.81. The van der Waals surface area contributed by atoms with Gasteiger partial charge in [0.1, 0.15) is 6.61 Å². The lowest BCUT2D eigenvalue weighted by atomic mass is 10.2. The molecule has 0 aromatic heterocycles. The molecule has 2 rings (SSSR count). The van der Waals surface area contributed by atoms with E-state index in [0.29, 0.717) is 13.2 Å². The molecule has 0 unspecified atom stereocenters. The van der Waals surface area contributed by atoms with Crippen LogP contribution in [0.25, 0.3) is 0 Å². The van der Waals surface area contributed by atoms with E-state index in [4.69, 9.17) is 4.74 Å². The second kappa shape index (κ2) is 5.66. The molecule has 0 atom stereocenters. The second-order valence-electron chi connectivity index (χ2n) is 4.13. The number of carbonyl (C=O) groups is 1. The lowest BCUT2D eigenvalue weighted by Gasteiger charge is -2.13. The molecule has 86 valence electrons. The van der Waals surface area contributed by atoms with Crippen LogP contribution in [0.4, 0.5) is 0 Å². The van der Waals surface area contributed by atoms with E-state index < -0.39 is 0 Å². The summed E-state index contributed by atoms with van der Waals surface area (Å²) in [5, 5.41) is 0. The van der Waals surface area contributed by atoms with Crippen LogP contribution < -0.4 is 0 Å². The Bertz CT molecular complexity index is 331. The van der Waals surface area contributed by atoms with Crippen LogP contribution in [-0.2, 0) is 16.1 Å². The van der Waals surface area contributed by atoms with Gasteiger partial charge in [-0.3, -0.25) is 9.69 Å². The molecule has 0 saturated carbocycles. The van der Waals surface area contributed by atoms with Crippen molar-refractivity contribution in [3.63, 3.8) is 0 Å². The van der Waals surface area contributed by atoms with Gasteiger partial charge in [0.05, 0.1) is 6.54 Å². The highest BCUT2D eigenvalue weighted by Gasteiger charge is 2.15. The average molecular weight is 219 g/mol. The molecule has 1 aromatic rings. The summed E-state index contributed by atoms with van der Waals surface area (Å²) in [6.07, 6.45) is 2.40. The predicted molar refractivity (Wildman–Crippen MR) is 61.9 cm³/mol. The summed E-state index contributed by atoms with van der Waals surface area (Å²) in [7, 11) is 0. The van der Waals surface area contributed by atoms with Gasteiger partial charge in [0.2, 0.25) is 0 Å². The highest BCUT2D eigenvalue weighted by molar-refractivity contribution is 5.71. The molecule has 3 heteroatoms. The molecule has 3 nitrogen and oxygen atoms in total. The van der Waals surface area contributed by atoms with Crippen molar-refractivity contribution in [2.75, 3.05) is 19.6 Å². The Labute approximate surface area is 96.0 Å². The van der Waals surface area contributed by atoms with Crippen molar-refractivity contribution in [1.29, 1.82) is 0 Å². The van der Waals surface area contributed by atoms with Gasteiger partial charge in [-0.05, 0) is 31.5 Å². The molecule has 1 aliphatic heterocycles. The van der Waals surface area contributed by atoms with E-state index in [1.165, 1.54) is 12.8 Å². The molecule has 1 saturated heterocycles. The van der Waals surface area contributed by atoms with Gasteiger partial charge in [-0.2, -0.15) is 0 Å². The highest BCUT2D eigenvalue weighted by atomic mass is 16.5. The first kappa shape index (κ1) is 11.1. The molecule has 16 heavy (non-hydrogen) atoms. The zero-order valence-corrected chi connectivity index (χ0v) is 9.39. The van der Waals surface area contributed by atoms with E-state index >= 15 is 0 Å². The van der Waals surface area contributed by atoms with Crippen molar-refractivity contribution < 1.29 is 9.53 Å². The Morgan fingerprint density at radius 2 is 1.88 bits per heavy atom. The smallest absolute Gasteiger partial charge is 0.320 e. The first-order valence-electron chi connectivity index (χ1n) is 5.76. The van der Waals surface area contributed by atoms with Gasteiger partial charge in [-0.15, -0.1) is 0 Å². The maximum Gasteiger partial charge on any atom is 0.320 e. The molecule has 0 bridgehead atoms. The normalized spacial score (nSPS) is 16.2. The van der Waals surface area contributed by atoms with Crippen molar-refractivity contribution in [3.05, 3.63) is 35.9 Å². The maximum absolute atomic E-state index is 11.5. The van der Waals surface area contributed by atoms with Crippen molar-refractivity contribution >= 4 is 5.97 Å². The van der Waals surface area contributed by atoms with Gasteiger partial charge >= 0.3 is 5.97 Å². The third-order valence-corrected chi connectivity index (χ3v) is 2.79. The topological polar surface area (TPSA) is 29.5 Å². The molecule has 1 heterocycles. The number of hydrogen-bond acceptors (Lipinski definition) is 3. The fourth-order valence-corrected chi connectivity index (χ4v) is 1.91. The van der Waals surface area contributed by atoms with Crippen LogP contribution in [0, 0.1) is 0 Å². The number of carbonyl (C=O) groups excluding carboxylic acids is 1. The fourth-order valence-electron chi connectivity index (χ4n) is 1.91. The number of ether oxygens (including phenoxy) is 1. The molecule has 0 radical (unpaired) electrons. The lowest BCUT2D eigenvalue weighted by molar-refractivity contribution is -0.146. The first-order valence-corrected chi connectivity index (χ1v) is 5.76. The number of benzene rings is 1. The third kappa shape index (κ3) is 3.35. The SMILES string of the molecule is O=C(CN1CCCC1)OCc1ccccc1. The molecular formula is C13H17NO2. The summed E-state index contributed by atoms with van der Waals surface area (Å²) in [6.45, 7) is 2.88. The third-order valence-electron chi connectivity index (χ3n) is 2.79. The van der Waals surface area contributed by atoms with Crippen LogP contribution in [0.15, 0.2) is 30.3 Å². The lowest BCUT2D eigenvalue weighted by Crippen LogP contribution is -2.28. The van der Waals surface area contributed by atoms with Crippen LogP contribution >= 0.6 is 0 Å². The summed E-state index contributed by atoms with van der Waals surface area (Å²) >= 11 is 0. The number of likely N-dealkylation sites (tertiary alicyclic amines) is 1.